The molecule has 1 aromatic heterocycles. The second-order valence-electron chi connectivity index (χ2n) is 3.82. The molecule has 1 heterocycles. The molecule has 1 atom stereocenters. The van der Waals surface area contributed by atoms with Crippen LogP contribution in [-0.2, 0) is 4.79 Å². The Labute approximate surface area is 111 Å². The molecule has 0 fully saturated rings. The summed E-state index contributed by atoms with van der Waals surface area (Å²) in [4.78, 5) is 26.7. The van der Waals surface area contributed by atoms with Gasteiger partial charge in [0.1, 0.15) is 6.04 Å². The standard InChI is InChI=1S/C13H16N2O4/c1-3-4-5-10(13(17)18)15-12(16)9-6-7-11(19-2)14-8-9/h3,6-8,10H,1,4-5H2,2H3,(H,15,16)(H,17,18). The van der Waals surface area contributed by atoms with E-state index >= 15 is 0 Å². The van der Waals surface area contributed by atoms with Crippen molar-refractivity contribution in [3.05, 3.63) is 36.5 Å². The Morgan fingerprint density at radius 1 is 1.58 bits per heavy atom. The molecule has 0 aliphatic heterocycles. The molecule has 1 rings (SSSR count). The van der Waals surface area contributed by atoms with Crippen LogP contribution in [-0.4, -0.2) is 35.1 Å². The first-order valence-corrected chi connectivity index (χ1v) is 5.73. The van der Waals surface area contributed by atoms with E-state index in [2.05, 4.69) is 16.9 Å². The van der Waals surface area contributed by atoms with Crippen LogP contribution >= 0.6 is 0 Å². The van der Waals surface area contributed by atoms with Gasteiger partial charge in [-0.05, 0) is 18.9 Å². The van der Waals surface area contributed by atoms with Gasteiger partial charge in [-0.25, -0.2) is 9.78 Å². The van der Waals surface area contributed by atoms with Gasteiger partial charge in [0.05, 0.1) is 12.7 Å². The average molecular weight is 264 g/mol. The third-order valence-electron chi connectivity index (χ3n) is 2.47. The Kier molecular flexibility index (Phi) is 5.53. The van der Waals surface area contributed by atoms with E-state index < -0.39 is 17.9 Å². The topological polar surface area (TPSA) is 88.5 Å². The lowest BCUT2D eigenvalue weighted by Gasteiger charge is -2.13. The summed E-state index contributed by atoms with van der Waals surface area (Å²) in [5.41, 5.74) is 0.283. The number of aliphatic carboxylic acids is 1. The fourth-order valence-electron chi connectivity index (χ4n) is 1.42. The van der Waals surface area contributed by atoms with Gasteiger partial charge in [-0.2, -0.15) is 0 Å². The van der Waals surface area contributed by atoms with E-state index in [4.69, 9.17) is 9.84 Å². The molecular formula is C13H16N2O4. The van der Waals surface area contributed by atoms with E-state index in [1.54, 1.807) is 6.08 Å². The van der Waals surface area contributed by atoms with Gasteiger partial charge < -0.3 is 15.2 Å². The number of ether oxygens (including phenoxy) is 1. The van der Waals surface area contributed by atoms with Gasteiger partial charge in [-0.3, -0.25) is 4.79 Å². The molecule has 19 heavy (non-hydrogen) atoms. The number of hydrogen-bond donors (Lipinski definition) is 2. The van der Waals surface area contributed by atoms with Crippen molar-refractivity contribution in [2.24, 2.45) is 0 Å². The summed E-state index contributed by atoms with van der Waals surface area (Å²) < 4.78 is 4.87. The van der Waals surface area contributed by atoms with Crippen molar-refractivity contribution in [2.45, 2.75) is 18.9 Å². The summed E-state index contributed by atoms with van der Waals surface area (Å²) in [5.74, 6) is -1.17. The molecular weight excluding hydrogens is 248 g/mol. The molecule has 0 aromatic carbocycles. The summed E-state index contributed by atoms with van der Waals surface area (Å²) >= 11 is 0. The monoisotopic (exact) mass is 264 g/mol. The maximum Gasteiger partial charge on any atom is 0.326 e. The molecule has 0 radical (unpaired) electrons. The number of hydrogen-bond acceptors (Lipinski definition) is 4. The van der Waals surface area contributed by atoms with Crippen LogP contribution in [0.2, 0.25) is 0 Å². The first-order chi connectivity index (χ1) is 9.08. The number of allylic oxidation sites excluding steroid dienone is 1. The van der Waals surface area contributed by atoms with Crippen molar-refractivity contribution >= 4 is 11.9 Å². The minimum absolute atomic E-state index is 0.283. The summed E-state index contributed by atoms with van der Waals surface area (Å²) in [7, 11) is 1.47. The van der Waals surface area contributed by atoms with E-state index in [-0.39, 0.29) is 5.56 Å². The molecule has 0 saturated heterocycles. The first kappa shape index (κ1) is 14.7. The highest BCUT2D eigenvalue weighted by molar-refractivity contribution is 5.96. The predicted molar refractivity (Wildman–Crippen MR) is 69.1 cm³/mol. The number of pyridine rings is 1. The summed E-state index contributed by atoms with van der Waals surface area (Å²) in [6, 6.07) is 2.12. The second-order valence-corrected chi connectivity index (χ2v) is 3.82. The summed E-state index contributed by atoms with van der Waals surface area (Å²) in [6.45, 7) is 3.52. The van der Waals surface area contributed by atoms with Crippen LogP contribution in [0.4, 0.5) is 0 Å². The van der Waals surface area contributed by atoms with Gasteiger partial charge in [-0.15, -0.1) is 6.58 Å². The Hall–Kier alpha value is -2.37. The zero-order valence-electron chi connectivity index (χ0n) is 10.6. The number of carbonyl (C=O) groups excluding carboxylic acids is 1. The fourth-order valence-corrected chi connectivity index (χ4v) is 1.42. The van der Waals surface area contributed by atoms with Crippen molar-refractivity contribution in [1.29, 1.82) is 0 Å². The predicted octanol–water partition coefficient (Wildman–Crippen LogP) is 1.24. The highest BCUT2D eigenvalue weighted by atomic mass is 16.5. The van der Waals surface area contributed by atoms with Gasteiger partial charge in [-0.1, -0.05) is 6.08 Å². The lowest BCUT2D eigenvalue weighted by Crippen LogP contribution is -2.40. The van der Waals surface area contributed by atoms with Gasteiger partial charge in [0, 0.05) is 12.3 Å². The minimum Gasteiger partial charge on any atom is -0.481 e. The van der Waals surface area contributed by atoms with Crippen LogP contribution in [0, 0.1) is 0 Å². The van der Waals surface area contributed by atoms with Gasteiger partial charge in [0.2, 0.25) is 5.88 Å². The number of amides is 1. The highest BCUT2D eigenvalue weighted by Crippen LogP contribution is 2.07. The number of carboxylic acid groups (broad SMARTS) is 1. The van der Waals surface area contributed by atoms with E-state index in [0.29, 0.717) is 18.7 Å². The summed E-state index contributed by atoms with van der Waals surface area (Å²) in [5, 5.41) is 11.4. The van der Waals surface area contributed by atoms with Crippen molar-refractivity contribution in [2.75, 3.05) is 7.11 Å². The Bertz CT molecular complexity index is 456. The van der Waals surface area contributed by atoms with Gasteiger partial charge in [0.25, 0.3) is 5.91 Å². The average Bonchev–Trinajstić information content (AvgIpc) is 2.43. The zero-order chi connectivity index (χ0) is 14.3. The van der Waals surface area contributed by atoms with E-state index in [0.717, 1.165) is 0 Å². The molecule has 1 unspecified atom stereocenters. The maximum atomic E-state index is 11.8. The zero-order valence-corrected chi connectivity index (χ0v) is 10.6. The normalized spacial score (nSPS) is 11.4. The molecule has 0 spiro atoms. The second kappa shape index (κ2) is 7.15. The van der Waals surface area contributed by atoms with Crippen molar-refractivity contribution in [1.82, 2.24) is 10.3 Å². The molecule has 1 amide bonds. The molecule has 0 bridgehead atoms. The van der Waals surface area contributed by atoms with Gasteiger partial charge >= 0.3 is 5.97 Å². The van der Waals surface area contributed by atoms with Crippen LogP contribution in [0.15, 0.2) is 31.0 Å². The largest absolute Gasteiger partial charge is 0.481 e. The van der Waals surface area contributed by atoms with E-state index in [9.17, 15) is 9.59 Å². The number of carboxylic acids is 1. The number of methoxy groups -OCH3 is 1. The van der Waals surface area contributed by atoms with Crippen LogP contribution in [0.25, 0.3) is 0 Å². The molecule has 0 saturated carbocycles. The SMILES string of the molecule is C=CCCC(NC(=O)c1ccc(OC)nc1)C(=O)O. The molecule has 0 aliphatic rings. The van der Waals surface area contributed by atoms with Gasteiger partial charge in [0.15, 0.2) is 0 Å². The molecule has 0 aliphatic carbocycles. The van der Waals surface area contributed by atoms with E-state index in [1.807, 2.05) is 0 Å². The third kappa shape index (κ3) is 4.42. The molecule has 6 heteroatoms. The van der Waals surface area contributed by atoms with Crippen LogP contribution in [0.1, 0.15) is 23.2 Å². The Balaban J connectivity index is 2.69. The Morgan fingerprint density at radius 3 is 2.79 bits per heavy atom. The van der Waals surface area contributed by atoms with Crippen molar-refractivity contribution in [3.8, 4) is 5.88 Å². The number of carbonyl (C=O) groups is 2. The molecule has 1 aromatic rings. The first-order valence-electron chi connectivity index (χ1n) is 5.73. The molecule has 6 nitrogen and oxygen atoms in total. The lowest BCUT2D eigenvalue weighted by atomic mass is 10.1. The Morgan fingerprint density at radius 2 is 2.32 bits per heavy atom. The lowest BCUT2D eigenvalue weighted by molar-refractivity contribution is -0.139. The third-order valence-corrected chi connectivity index (χ3v) is 2.47. The van der Waals surface area contributed by atoms with Crippen molar-refractivity contribution in [3.63, 3.8) is 0 Å². The maximum absolute atomic E-state index is 11.8. The van der Waals surface area contributed by atoms with Crippen LogP contribution < -0.4 is 10.1 Å². The van der Waals surface area contributed by atoms with Crippen molar-refractivity contribution < 1.29 is 19.4 Å². The molecule has 2 N–H and O–H groups in total. The highest BCUT2D eigenvalue weighted by Gasteiger charge is 2.19. The van der Waals surface area contributed by atoms with Crippen LogP contribution in [0.5, 0.6) is 5.88 Å². The minimum atomic E-state index is -1.07. The fraction of sp³-hybridized carbons (Fsp3) is 0.308. The number of nitrogens with zero attached hydrogens (tertiary/aromatic N) is 1. The summed E-state index contributed by atoms with van der Waals surface area (Å²) in [6.07, 6.45) is 3.75. The van der Waals surface area contributed by atoms with E-state index in [1.165, 1.54) is 25.4 Å². The van der Waals surface area contributed by atoms with Crippen LogP contribution in [0.3, 0.4) is 0 Å². The number of rotatable bonds is 7. The number of nitrogens with one attached hydrogen (secondary N) is 1. The number of aromatic nitrogens is 1. The smallest absolute Gasteiger partial charge is 0.326 e. The quantitative estimate of drug-likeness (QED) is 0.723. The molecule has 102 valence electrons.